The minimum Gasteiger partial charge on any atom is -0.494 e. The maximum absolute atomic E-state index is 12.4. The van der Waals surface area contributed by atoms with Crippen LogP contribution < -0.4 is 14.4 Å². The maximum Gasteiger partial charge on any atom is 0.251 e. The largest absolute Gasteiger partial charge is 0.494 e. The van der Waals surface area contributed by atoms with Gasteiger partial charge >= 0.3 is 0 Å². The van der Waals surface area contributed by atoms with Crippen LogP contribution in [0.1, 0.15) is 28.4 Å². The molecule has 0 spiro atoms. The number of anilines is 1. The molecule has 7 nitrogen and oxygen atoms in total. The van der Waals surface area contributed by atoms with E-state index in [1.807, 2.05) is 19.1 Å². The Morgan fingerprint density at radius 3 is 2.32 bits per heavy atom. The van der Waals surface area contributed by atoms with Gasteiger partial charge in [-0.05, 0) is 60.5 Å². The van der Waals surface area contributed by atoms with Crippen molar-refractivity contribution in [3.8, 4) is 5.75 Å². The quantitative estimate of drug-likeness (QED) is 0.552. The summed E-state index contributed by atoms with van der Waals surface area (Å²) >= 11 is 0. The van der Waals surface area contributed by atoms with Crippen molar-refractivity contribution in [1.29, 1.82) is 0 Å². The number of hydrogen-bond donors (Lipinski definition) is 1. The fraction of sp³-hybridized carbons (Fsp3) is 0.217. The highest BCUT2D eigenvalue weighted by Gasteiger charge is 2.18. The third-order valence-electron chi connectivity index (χ3n) is 4.55. The van der Waals surface area contributed by atoms with E-state index in [-0.39, 0.29) is 12.5 Å². The molecule has 0 aliphatic rings. The van der Waals surface area contributed by atoms with E-state index < -0.39 is 10.0 Å². The first-order chi connectivity index (χ1) is 14.9. The Labute approximate surface area is 182 Å². The first kappa shape index (κ1) is 22.3. The lowest BCUT2D eigenvalue weighted by Gasteiger charge is -2.23. The number of hydrogen-bond acceptors (Lipinski definition) is 5. The number of ether oxygens (including phenoxy) is 1. The molecule has 0 bridgehead atoms. The summed E-state index contributed by atoms with van der Waals surface area (Å²) in [5.41, 5.74) is 2.72. The first-order valence-corrected chi connectivity index (χ1v) is 11.7. The zero-order valence-corrected chi connectivity index (χ0v) is 18.3. The second kappa shape index (κ2) is 10.1. The molecule has 3 rings (SSSR count). The van der Waals surface area contributed by atoms with E-state index in [9.17, 15) is 13.2 Å². The molecule has 0 saturated heterocycles. The van der Waals surface area contributed by atoms with Gasteiger partial charge in [0.05, 0.1) is 25.1 Å². The molecule has 0 aliphatic carbocycles. The van der Waals surface area contributed by atoms with Crippen LogP contribution in [0.3, 0.4) is 0 Å². The van der Waals surface area contributed by atoms with Gasteiger partial charge in [0.25, 0.3) is 5.91 Å². The van der Waals surface area contributed by atoms with E-state index in [1.165, 1.54) is 10.6 Å². The van der Waals surface area contributed by atoms with Gasteiger partial charge < -0.3 is 10.1 Å². The van der Waals surface area contributed by atoms with Gasteiger partial charge in [-0.15, -0.1) is 0 Å². The van der Waals surface area contributed by atoms with Crippen molar-refractivity contribution in [3.63, 3.8) is 0 Å². The number of carbonyl (C=O) groups is 1. The molecule has 1 heterocycles. The lowest BCUT2D eigenvalue weighted by atomic mass is 10.1. The van der Waals surface area contributed by atoms with Crippen molar-refractivity contribution < 1.29 is 17.9 Å². The van der Waals surface area contributed by atoms with E-state index in [4.69, 9.17) is 4.74 Å². The van der Waals surface area contributed by atoms with Crippen molar-refractivity contribution in [2.45, 2.75) is 20.0 Å². The van der Waals surface area contributed by atoms with Crippen molar-refractivity contribution in [3.05, 3.63) is 89.7 Å². The van der Waals surface area contributed by atoms with Crippen LogP contribution in [-0.2, 0) is 23.1 Å². The number of pyridine rings is 1. The highest BCUT2D eigenvalue weighted by atomic mass is 32.2. The molecule has 31 heavy (non-hydrogen) atoms. The zero-order chi connectivity index (χ0) is 22.3. The number of nitrogens with zero attached hydrogens (tertiary/aromatic N) is 2. The predicted molar refractivity (Wildman–Crippen MR) is 120 cm³/mol. The van der Waals surface area contributed by atoms with E-state index in [0.29, 0.717) is 30.2 Å². The Morgan fingerprint density at radius 2 is 1.74 bits per heavy atom. The molecule has 3 aromatic rings. The monoisotopic (exact) mass is 439 g/mol. The summed E-state index contributed by atoms with van der Waals surface area (Å²) in [5, 5.41) is 2.84. The van der Waals surface area contributed by atoms with Gasteiger partial charge in [-0.2, -0.15) is 0 Å². The van der Waals surface area contributed by atoms with Crippen LogP contribution >= 0.6 is 0 Å². The molecule has 0 atom stereocenters. The molecule has 8 heteroatoms. The number of aromatic nitrogens is 1. The highest BCUT2D eigenvalue weighted by molar-refractivity contribution is 7.92. The molecule has 162 valence electrons. The molecular weight excluding hydrogens is 414 g/mol. The molecule has 0 aliphatic heterocycles. The summed E-state index contributed by atoms with van der Waals surface area (Å²) in [5.74, 6) is 0.475. The summed E-state index contributed by atoms with van der Waals surface area (Å²) in [6, 6.07) is 17.5. The van der Waals surface area contributed by atoms with E-state index in [0.717, 1.165) is 11.1 Å². The third-order valence-corrected chi connectivity index (χ3v) is 5.69. The van der Waals surface area contributed by atoms with Crippen LogP contribution in [0.15, 0.2) is 73.1 Å². The van der Waals surface area contributed by atoms with Crippen LogP contribution in [0.25, 0.3) is 0 Å². The molecule has 1 amide bonds. The van der Waals surface area contributed by atoms with E-state index in [1.54, 1.807) is 60.9 Å². The highest BCUT2D eigenvalue weighted by Crippen LogP contribution is 2.24. The number of nitrogens with one attached hydrogen (secondary N) is 1. The summed E-state index contributed by atoms with van der Waals surface area (Å²) < 4.78 is 31.5. The normalized spacial score (nSPS) is 11.0. The molecule has 0 fully saturated rings. The average Bonchev–Trinajstić information content (AvgIpc) is 2.77. The van der Waals surface area contributed by atoms with Crippen LogP contribution in [0.5, 0.6) is 5.75 Å². The van der Waals surface area contributed by atoms with Crippen LogP contribution in [0.2, 0.25) is 0 Å². The van der Waals surface area contributed by atoms with Crippen LogP contribution in [0.4, 0.5) is 5.69 Å². The van der Waals surface area contributed by atoms with Gasteiger partial charge in [-0.25, -0.2) is 8.42 Å². The fourth-order valence-corrected chi connectivity index (χ4v) is 3.88. The second-order valence-corrected chi connectivity index (χ2v) is 8.84. The average molecular weight is 440 g/mol. The lowest BCUT2D eigenvalue weighted by Crippen LogP contribution is -2.29. The molecule has 0 radical (unpaired) electrons. The van der Waals surface area contributed by atoms with Crippen molar-refractivity contribution >= 4 is 21.6 Å². The minimum absolute atomic E-state index is 0.157. The number of carbonyl (C=O) groups excluding carboxylic acids is 1. The Morgan fingerprint density at radius 1 is 1.03 bits per heavy atom. The van der Waals surface area contributed by atoms with Crippen molar-refractivity contribution in [1.82, 2.24) is 10.3 Å². The lowest BCUT2D eigenvalue weighted by molar-refractivity contribution is 0.0951. The Balaban J connectivity index is 1.69. The molecular formula is C23H25N3O4S. The Hall–Kier alpha value is -3.39. The van der Waals surface area contributed by atoms with Crippen LogP contribution in [0, 0.1) is 0 Å². The maximum atomic E-state index is 12.4. The minimum atomic E-state index is -3.50. The number of amides is 1. The molecule has 1 aromatic heterocycles. The van der Waals surface area contributed by atoms with Gasteiger partial charge in [0.1, 0.15) is 5.75 Å². The summed E-state index contributed by atoms with van der Waals surface area (Å²) in [7, 11) is -3.50. The third kappa shape index (κ3) is 6.29. The summed E-state index contributed by atoms with van der Waals surface area (Å²) in [6.07, 6.45) is 4.55. The molecule has 1 N–H and O–H groups in total. The van der Waals surface area contributed by atoms with Gasteiger partial charge in [-0.3, -0.25) is 14.1 Å². The number of rotatable bonds is 9. The second-order valence-electron chi connectivity index (χ2n) is 6.94. The molecule has 0 saturated carbocycles. The van der Waals surface area contributed by atoms with E-state index >= 15 is 0 Å². The van der Waals surface area contributed by atoms with Gasteiger partial charge in [0.15, 0.2) is 0 Å². The van der Waals surface area contributed by atoms with Gasteiger partial charge in [-0.1, -0.05) is 18.2 Å². The smallest absolute Gasteiger partial charge is 0.251 e. The Bertz CT molecular complexity index is 1100. The standard InChI is InChI=1S/C23H25N3O4S/c1-3-30-22-12-10-21(11-13-22)26(31(2,28)29)17-18-6-8-20(9-7-18)23(27)25-16-19-5-4-14-24-15-19/h4-15H,3,16-17H2,1-2H3,(H,25,27). The van der Waals surface area contributed by atoms with Crippen LogP contribution in [-0.4, -0.2) is 32.2 Å². The van der Waals surface area contributed by atoms with Gasteiger partial charge in [0.2, 0.25) is 10.0 Å². The first-order valence-electron chi connectivity index (χ1n) is 9.83. The number of sulfonamides is 1. The summed E-state index contributed by atoms with van der Waals surface area (Å²) in [4.78, 5) is 16.4. The SMILES string of the molecule is CCOc1ccc(N(Cc2ccc(C(=O)NCc3cccnc3)cc2)S(C)(=O)=O)cc1. The molecule has 2 aromatic carbocycles. The predicted octanol–water partition coefficient (Wildman–Crippen LogP) is 3.38. The Kier molecular flexibility index (Phi) is 7.25. The fourth-order valence-electron chi connectivity index (χ4n) is 2.99. The number of benzene rings is 2. The zero-order valence-electron chi connectivity index (χ0n) is 17.5. The van der Waals surface area contributed by atoms with Crippen molar-refractivity contribution in [2.24, 2.45) is 0 Å². The molecule has 0 unspecified atom stereocenters. The van der Waals surface area contributed by atoms with E-state index in [2.05, 4.69) is 10.3 Å². The van der Waals surface area contributed by atoms with Crippen molar-refractivity contribution in [2.75, 3.05) is 17.2 Å². The topological polar surface area (TPSA) is 88.6 Å². The summed E-state index contributed by atoms with van der Waals surface area (Å²) in [6.45, 7) is 2.97. The van der Waals surface area contributed by atoms with Gasteiger partial charge in [0, 0.05) is 24.5 Å².